The molecule has 0 aliphatic heterocycles. The number of nitrogens with one attached hydrogen (secondary N) is 2. The molecule has 0 unspecified atom stereocenters. The van der Waals surface area contributed by atoms with E-state index in [2.05, 4.69) is 14.7 Å². The average molecular weight is 366 g/mol. The van der Waals surface area contributed by atoms with Crippen molar-refractivity contribution in [3.8, 4) is 0 Å². The van der Waals surface area contributed by atoms with Crippen LogP contribution in [0, 0.1) is 13.8 Å². The van der Waals surface area contributed by atoms with Crippen molar-refractivity contribution in [2.24, 2.45) is 0 Å². The van der Waals surface area contributed by atoms with Crippen molar-refractivity contribution in [3.63, 3.8) is 0 Å². The molecule has 136 valence electrons. The van der Waals surface area contributed by atoms with Gasteiger partial charge in [-0.1, -0.05) is 0 Å². The van der Waals surface area contributed by atoms with Gasteiger partial charge in [0.05, 0.1) is 17.8 Å². The summed E-state index contributed by atoms with van der Waals surface area (Å²) in [5, 5.41) is 0.755. The lowest BCUT2D eigenvalue weighted by molar-refractivity contribution is 0.0569. The van der Waals surface area contributed by atoms with Gasteiger partial charge in [0.25, 0.3) is 0 Å². The summed E-state index contributed by atoms with van der Waals surface area (Å²) in [6, 6.07) is 3.83. The summed E-state index contributed by atoms with van der Waals surface area (Å²) < 4.78 is 33.0. The Balaban J connectivity index is 2.14. The fourth-order valence-corrected chi connectivity index (χ4v) is 2.78. The van der Waals surface area contributed by atoms with E-state index >= 15 is 0 Å². The number of aryl methyl sites for hydroxylation is 2. The molecule has 1 amide bonds. The number of fused-ring (bicyclic) bond motifs is 1. The summed E-state index contributed by atoms with van der Waals surface area (Å²) in [5.74, 6) is 0. The fourth-order valence-electron chi connectivity index (χ4n) is 2.12. The first kappa shape index (κ1) is 19.1. The number of benzene rings is 1. The third-order valence-electron chi connectivity index (χ3n) is 3.38. The van der Waals surface area contributed by atoms with Gasteiger partial charge in [-0.3, -0.25) is 0 Å². The molecule has 2 rings (SSSR count). The van der Waals surface area contributed by atoms with Gasteiger partial charge >= 0.3 is 16.3 Å². The zero-order valence-electron chi connectivity index (χ0n) is 14.9. The van der Waals surface area contributed by atoms with Gasteiger partial charge in [-0.2, -0.15) is 13.1 Å². The van der Waals surface area contributed by atoms with Crippen molar-refractivity contribution in [2.75, 3.05) is 0 Å². The zero-order chi connectivity index (χ0) is 18.8. The number of carbonyl (C=O) groups is 1. The Morgan fingerprint density at radius 2 is 1.80 bits per heavy atom. The molecule has 0 aliphatic rings. The third kappa shape index (κ3) is 5.36. The molecule has 25 heavy (non-hydrogen) atoms. The molecule has 0 fully saturated rings. The minimum Gasteiger partial charge on any atom is -0.443 e. The molecule has 0 radical (unpaired) electrons. The maximum absolute atomic E-state index is 12.0. The van der Waals surface area contributed by atoms with Crippen LogP contribution in [-0.2, 0) is 21.5 Å². The van der Waals surface area contributed by atoms with Crippen LogP contribution in [0.25, 0.3) is 10.9 Å². The van der Waals surface area contributed by atoms with Gasteiger partial charge < -0.3 is 4.74 Å². The summed E-state index contributed by atoms with van der Waals surface area (Å²) in [4.78, 5) is 19.9. The predicted octanol–water partition coefficient (Wildman–Crippen LogP) is 2.11. The van der Waals surface area contributed by atoms with Crippen molar-refractivity contribution in [1.82, 2.24) is 19.4 Å². The molecule has 9 heteroatoms. The highest BCUT2D eigenvalue weighted by Gasteiger charge is 2.21. The largest absolute Gasteiger partial charge is 0.443 e. The van der Waals surface area contributed by atoms with Crippen LogP contribution in [0.4, 0.5) is 4.79 Å². The first-order valence-electron chi connectivity index (χ1n) is 7.68. The van der Waals surface area contributed by atoms with Gasteiger partial charge in [0.2, 0.25) is 0 Å². The Labute approximate surface area is 147 Å². The Morgan fingerprint density at radius 3 is 2.44 bits per heavy atom. The molecule has 1 aromatic heterocycles. The molecular formula is C16H22N4O4S. The van der Waals surface area contributed by atoms with E-state index in [0.29, 0.717) is 5.69 Å². The van der Waals surface area contributed by atoms with Crippen molar-refractivity contribution in [2.45, 2.75) is 46.8 Å². The van der Waals surface area contributed by atoms with E-state index < -0.39 is 21.9 Å². The van der Waals surface area contributed by atoms with Crippen LogP contribution in [0.3, 0.4) is 0 Å². The summed E-state index contributed by atoms with van der Waals surface area (Å²) in [7, 11) is -4.07. The van der Waals surface area contributed by atoms with E-state index in [1.165, 1.54) is 6.33 Å². The molecule has 0 spiro atoms. The maximum atomic E-state index is 12.0. The van der Waals surface area contributed by atoms with Crippen molar-refractivity contribution >= 4 is 27.2 Å². The highest BCUT2D eigenvalue weighted by Crippen LogP contribution is 2.19. The number of rotatable bonds is 4. The number of nitrogens with zero attached hydrogens (tertiary/aromatic N) is 2. The third-order valence-corrected chi connectivity index (χ3v) is 4.34. The first-order valence-corrected chi connectivity index (χ1v) is 9.16. The second-order valence-electron chi connectivity index (χ2n) is 6.70. The van der Waals surface area contributed by atoms with Gasteiger partial charge in [0, 0.05) is 5.39 Å². The number of aromatic nitrogens is 2. The fraction of sp³-hybridized carbons (Fsp3) is 0.438. The van der Waals surface area contributed by atoms with Crippen LogP contribution < -0.4 is 9.44 Å². The molecule has 2 N–H and O–H groups in total. The van der Waals surface area contributed by atoms with E-state index in [0.717, 1.165) is 22.0 Å². The lowest BCUT2D eigenvalue weighted by atomic mass is 10.1. The number of ether oxygens (including phenoxy) is 1. The predicted molar refractivity (Wildman–Crippen MR) is 94.1 cm³/mol. The minimum absolute atomic E-state index is 0.0837. The second-order valence-corrected chi connectivity index (χ2v) is 8.20. The Hall–Kier alpha value is -2.26. The molecule has 8 nitrogen and oxygen atoms in total. The molecular weight excluding hydrogens is 344 g/mol. The monoisotopic (exact) mass is 366 g/mol. The van der Waals surface area contributed by atoms with Gasteiger partial charge in [0.1, 0.15) is 11.9 Å². The van der Waals surface area contributed by atoms with Crippen LogP contribution in [0.1, 0.15) is 37.6 Å². The van der Waals surface area contributed by atoms with Crippen molar-refractivity contribution in [3.05, 3.63) is 35.3 Å². The summed E-state index contributed by atoms with van der Waals surface area (Å²) in [5.41, 5.74) is 2.59. The zero-order valence-corrected chi connectivity index (χ0v) is 15.7. The van der Waals surface area contributed by atoms with Crippen LogP contribution in [-0.4, -0.2) is 30.1 Å². The molecule has 0 atom stereocenters. The topological polar surface area (TPSA) is 110 Å². The summed E-state index contributed by atoms with van der Waals surface area (Å²) in [6.45, 7) is 8.78. The summed E-state index contributed by atoms with van der Waals surface area (Å²) in [6.07, 6.45) is 0.334. The Kier molecular flexibility index (Phi) is 5.28. The number of carbonyl (C=O) groups excluding carboxylic acids is 1. The molecule has 0 saturated carbocycles. The van der Waals surface area contributed by atoms with Gasteiger partial charge in [-0.25, -0.2) is 19.5 Å². The van der Waals surface area contributed by atoms with E-state index in [9.17, 15) is 13.2 Å². The number of hydrogen-bond donors (Lipinski definition) is 2. The highest BCUT2D eigenvalue weighted by molar-refractivity contribution is 7.88. The van der Waals surface area contributed by atoms with Gasteiger partial charge in [-0.15, -0.1) is 0 Å². The average Bonchev–Trinajstić information content (AvgIpc) is 2.43. The van der Waals surface area contributed by atoms with E-state index in [1.54, 1.807) is 20.8 Å². The SMILES string of the molecule is Cc1cc2ncnc(CNS(=O)(=O)NC(=O)OC(C)(C)C)c2cc1C. The lowest BCUT2D eigenvalue weighted by Crippen LogP contribution is -2.42. The molecule has 0 aliphatic carbocycles. The van der Waals surface area contributed by atoms with E-state index in [4.69, 9.17) is 4.74 Å². The van der Waals surface area contributed by atoms with Crippen molar-refractivity contribution in [1.29, 1.82) is 0 Å². The Bertz CT molecular complexity index is 904. The Morgan fingerprint density at radius 1 is 1.16 bits per heavy atom. The van der Waals surface area contributed by atoms with Crippen LogP contribution in [0.2, 0.25) is 0 Å². The van der Waals surface area contributed by atoms with E-state index in [-0.39, 0.29) is 6.54 Å². The van der Waals surface area contributed by atoms with Gasteiger partial charge in [-0.05, 0) is 57.9 Å². The van der Waals surface area contributed by atoms with Gasteiger partial charge in [0.15, 0.2) is 0 Å². The lowest BCUT2D eigenvalue weighted by Gasteiger charge is -2.19. The molecule has 1 heterocycles. The quantitative estimate of drug-likeness (QED) is 0.857. The molecule has 0 bridgehead atoms. The maximum Gasteiger partial charge on any atom is 0.422 e. The second kappa shape index (κ2) is 6.93. The molecule has 2 aromatic rings. The van der Waals surface area contributed by atoms with Crippen LogP contribution >= 0.6 is 0 Å². The smallest absolute Gasteiger partial charge is 0.422 e. The summed E-state index contributed by atoms with van der Waals surface area (Å²) >= 11 is 0. The normalized spacial score (nSPS) is 12.2. The minimum atomic E-state index is -4.07. The standard InChI is InChI=1S/C16H22N4O4S/c1-10-6-12-13(7-11(10)2)17-9-18-14(12)8-19-25(22,23)20-15(21)24-16(3,4)5/h6-7,9,19H,8H2,1-5H3,(H,20,21). The highest BCUT2D eigenvalue weighted by atomic mass is 32.2. The van der Waals surface area contributed by atoms with E-state index in [1.807, 2.05) is 30.7 Å². The first-order chi connectivity index (χ1) is 11.5. The van der Waals surface area contributed by atoms with Crippen LogP contribution in [0.15, 0.2) is 18.5 Å². The van der Waals surface area contributed by atoms with Crippen LogP contribution in [0.5, 0.6) is 0 Å². The number of hydrogen-bond acceptors (Lipinski definition) is 6. The molecule has 0 saturated heterocycles. The molecule has 1 aromatic carbocycles. The number of amides is 1. The van der Waals surface area contributed by atoms with Crippen molar-refractivity contribution < 1.29 is 17.9 Å².